The summed E-state index contributed by atoms with van der Waals surface area (Å²) in [5.74, 6) is 1.05. The van der Waals surface area contributed by atoms with Crippen LogP contribution in [0.25, 0.3) is 11.4 Å². The third kappa shape index (κ3) is 4.81. The van der Waals surface area contributed by atoms with Crippen molar-refractivity contribution in [2.24, 2.45) is 0 Å². The van der Waals surface area contributed by atoms with Crippen molar-refractivity contribution in [3.63, 3.8) is 0 Å². The first-order valence-corrected chi connectivity index (χ1v) is 9.52. The van der Waals surface area contributed by atoms with Crippen LogP contribution < -0.4 is 10.1 Å². The summed E-state index contributed by atoms with van der Waals surface area (Å²) in [6, 6.07) is 12.9. The van der Waals surface area contributed by atoms with Crippen molar-refractivity contribution in [2.75, 3.05) is 12.4 Å². The molecule has 6 nitrogen and oxygen atoms in total. The molecule has 0 unspecified atom stereocenters. The average Bonchev–Trinajstić information content (AvgIpc) is 3.11. The number of benzene rings is 2. The van der Waals surface area contributed by atoms with Gasteiger partial charge in [-0.3, -0.25) is 9.89 Å². The summed E-state index contributed by atoms with van der Waals surface area (Å²) in [6.45, 7) is 3.81. The number of thioether (sulfide) groups is 1. The zero-order valence-electron chi connectivity index (χ0n) is 15.1. The fraction of sp³-hybridized carbons (Fsp3) is 0.211. The molecule has 1 amide bonds. The Morgan fingerprint density at radius 3 is 2.70 bits per heavy atom. The number of ether oxygens (including phenoxy) is 1. The standard InChI is InChI=1S/C19H19ClN4O2S/c1-11-4-7-14(8-5-11)21-18(25)12(2)27-19-22-17(23-24-19)15-10-13(20)6-9-16(15)26-3/h4-10,12H,1-3H3,(H,21,25)(H,22,23,24)/t12-/m0/s1. The van der Waals surface area contributed by atoms with Crippen molar-refractivity contribution >= 4 is 35.0 Å². The topological polar surface area (TPSA) is 79.9 Å². The van der Waals surface area contributed by atoms with E-state index in [9.17, 15) is 4.79 Å². The van der Waals surface area contributed by atoms with Crippen LogP contribution in [0, 0.1) is 6.92 Å². The summed E-state index contributed by atoms with van der Waals surface area (Å²) in [5, 5.41) is 10.6. The van der Waals surface area contributed by atoms with Gasteiger partial charge in [0.15, 0.2) is 5.82 Å². The highest BCUT2D eigenvalue weighted by Gasteiger charge is 2.18. The van der Waals surface area contributed by atoms with E-state index in [0.29, 0.717) is 27.3 Å². The fourth-order valence-corrected chi connectivity index (χ4v) is 3.27. The molecular formula is C19H19ClN4O2S. The van der Waals surface area contributed by atoms with Crippen molar-refractivity contribution in [3.05, 3.63) is 53.1 Å². The number of H-pyrrole nitrogens is 1. The van der Waals surface area contributed by atoms with Gasteiger partial charge in [-0.25, -0.2) is 4.98 Å². The number of aryl methyl sites for hydroxylation is 1. The summed E-state index contributed by atoms with van der Waals surface area (Å²) in [6.07, 6.45) is 0. The van der Waals surface area contributed by atoms with Crippen molar-refractivity contribution in [3.8, 4) is 17.1 Å². The van der Waals surface area contributed by atoms with Gasteiger partial charge in [-0.1, -0.05) is 41.1 Å². The number of carbonyl (C=O) groups excluding carboxylic acids is 1. The summed E-state index contributed by atoms with van der Waals surface area (Å²) in [7, 11) is 1.58. The third-order valence-corrected chi connectivity index (χ3v) is 5.05. The van der Waals surface area contributed by atoms with E-state index in [2.05, 4.69) is 20.5 Å². The van der Waals surface area contributed by atoms with Gasteiger partial charge in [-0.05, 0) is 44.2 Å². The molecule has 0 saturated heterocycles. The van der Waals surface area contributed by atoms with Crippen LogP contribution in [0.1, 0.15) is 12.5 Å². The van der Waals surface area contributed by atoms with Gasteiger partial charge in [0.25, 0.3) is 0 Å². The van der Waals surface area contributed by atoms with E-state index in [-0.39, 0.29) is 11.2 Å². The van der Waals surface area contributed by atoms with Gasteiger partial charge < -0.3 is 10.1 Å². The molecule has 1 atom stereocenters. The Balaban J connectivity index is 1.69. The number of methoxy groups -OCH3 is 1. The zero-order valence-corrected chi connectivity index (χ0v) is 16.7. The molecule has 0 aliphatic carbocycles. The first-order valence-electron chi connectivity index (χ1n) is 8.27. The van der Waals surface area contributed by atoms with Crippen LogP contribution in [0.3, 0.4) is 0 Å². The molecule has 0 radical (unpaired) electrons. The monoisotopic (exact) mass is 402 g/mol. The summed E-state index contributed by atoms with van der Waals surface area (Å²) in [5.41, 5.74) is 2.61. The third-order valence-electron chi connectivity index (χ3n) is 3.85. The molecule has 0 saturated carbocycles. The molecule has 0 spiro atoms. The van der Waals surface area contributed by atoms with E-state index in [4.69, 9.17) is 16.3 Å². The maximum atomic E-state index is 12.4. The number of aromatic amines is 1. The van der Waals surface area contributed by atoms with Gasteiger partial charge >= 0.3 is 0 Å². The van der Waals surface area contributed by atoms with E-state index >= 15 is 0 Å². The van der Waals surface area contributed by atoms with Crippen LogP contribution in [0.2, 0.25) is 5.02 Å². The number of aromatic nitrogens is 3. The first-order chi connectivity index (χ1) is 13.0. The highest BCUT2D eigenvalue weighted by atomic mass is 35.5. The minimum Gasteiger partial charge on any atom is -0.496 e. The Hall–Kier alpha value is -2.51. The Morgan fingerprint density at radius 2 is 2.00 bits per heavy atom. The number of halogens is 1. The van der Waals surface area contributed by atoms with Gasteiger partial charge in [0.1, 0.15) is 5.75 Å². The minimum absolute atomic E-state index is 0.115. The average molecular weight is 403 g/mol. The molecule has 0 bridgehead atoms. The Kier molecular flexibility index (Phi) is 6.03. The Morgan fingerprint density at radius 1 is 1.26 bits per heavy atom. The van der Waals surface area contributed by atoms with E-state index in [1.165, 1.54) is 11.8 Å². The lowest BCUT2D eigenvalue weighted by atomic mass is 10.2. The molecule has 0 aliphatic rings. The van der Waals surface area contributed by atoms with Crippen molar-refractivity contribution in [1.29, 1.82) is 0 Å². The van der Waals surface area contributed by atoms with Crippen molar-refractivity contribution < 1.29 is 9.53 Å². The fourth-order valence-electron chi connectivity index (χ4n) is 2.38. The lowest BCUT2D eigenvalue weighted by Crippen LogP contribution is -2.22. The maximum absolute atomic E-state index is 12.4. The second kappa shape index (κ2) is 8.45. The molecule has 27 heavy (non-hydrogen) atoms. The normalized spacial score (nSPS) is 11.9. The van der Waals surface area contributed by atoms with Crippen LogP contribution in [0.4, 0.5) is 5.69 Å². The molecule has 8 heteroatoms. The van der Waals surface area contributed by atoms with E-state index in [1.807, 2.05) is 38.1 Å². The lowest BCUT2D eigenvalue weighted by Gasteiger charge is -2.10. The second-order valence-electron chi connectivity index (χ2n) is 5.93. The maximum Gasteiger partial charge on any atom is 0.237 e. The number of hydrogen-bond donors (Lipinski definition) is 2. The number of hydrogen-bond acceptors (Lipinski definition) is 5. The summed E-state index contributed by atoms with van der Waals surface area (Å²) >= 11 is 7.34. The van der Waals surface area contributed by atoms with Crippen LogP contribution in [0.15, 0.2) is 47.6 Å². The number of rotatable bonds is 6. The quantitative estimate of drug-likeness (QED) is 0.591. The van der Waals surface area contributed by atoms with Gasteiger partial charge in [-0.2, -0.15) is 0 Å². The van der Waals surface area contributed by atoms with E-state index in [1.54, 1.807) is 25.3 Å². The SMILES string of the molecule is COc1ccc(Cl)cc1-c1nc(S[C@@H](C)C(=O)Nc2ccc(C)cc2)n[nH]1. The Bertz CT molecular complexity index is 943. The number of nitrogens with zero attached hydrogens (tertiary/aromatic N) is 2. The van der Waals surface area contributed by atoms with E-state index < -0.39 is 0 Å². The molecular weight excluding hydrogens is 384 g/mol. The number of carbonyl (C=O) groups is 1. The highest BCUT2D eigenvalue weighted by molar-refractivity contribution is 8.00. The lowest BCUT2D eigenvalue weighted by molar-refractivity contribution is -0.115. The molecule has 3 aromatic rings. The number of amides is 1. The van der Waals surface area contributed by atoms with Crippen LogP contribution in [-0.4, -0.2) is 33.4 Å². The van der Waals surface area contributed by atoms with E-state index in [0.717, 1.165) is 11.3 Å². The minimum atomic E-state index is -0.365. The van der Waals surface area contributed by atoms with Crippen molar-refractivity contribution in [1.82, 2.24) is 15.2 Å². The van der Waals surface area contributed by atoms with Gasteiger partial charge in [-0.15, -0.1) is 5.10 Å². The van der Waals surface area contributed by atoms with Crippen LogP contribution in [-0.2, 0) is 4.79 Å². The van der Waals surface area contributed by atoms with Gasteiger partial charge in [0.2, 0.25) is 11.1 Å². The highest BCUT2D eigenvalue weighted by Crippen LogP contribution is 2.31. The smallest absolute Gasteiger partial charge is 0.237 e. The molecule has 2 N–H and O–H groups in total. The molecule has 1 aromatic heterocycles. The molecule has 0 fully saturated rings. The first kappa shape index (κ1) is 19.3. The summed E-state index contributed by atoms with van der Waals surface area (Å²) in [4.78, 5) is 16.8. The predicted molar refractivity (Wildman–Crippen MR) is 109 cm³/mol. The van der Waals surface area contributed by atoms with Crippen LogP contribution >= 0.6 is 23.4 Å². The van der Waals surface area contributed by atoms with Gasteiger partial charge in [0.05, 0.1) is 17.9 Å². The molecule has 140 valence electrons. The number of nitrogens with one attached hydrogen (secondary N) is 2. The molecule has 3 rings (SSSR count). The number of anilines is 1. The van der Waals surface area contributed by atoms with Crippen LogP contribution in [0.5, 0.6) is 5.75 Å². The Labute approximate surface area is 166 Å². The largest absolute Gasteiger partial charge is 0.496 e. The van der Waals surface area contributed by atoms with Crippen molar-refractivity contribution in [2.45, 2.75) is 24.3 Å². The molecule has 1 heterocycles. The van der Waals surface area contributed by atoms with Gasteiger partial charge in [0, 0.05) is 10.7 Å². The predicted octanol–water partition coefficient (Wildman–Crippen LogP) is 4.56. The summed E-state index contributed by atoms with van der Waals surface area (Å²) < 4.78 is 5.34. The molecule has 2 aromatic carbocycles. The molecule has 0 aliphatic heterocycles. The second-order valence-corrected chi connectivity index (χ2v) is 7.67. The zero-order chi connectivity index (χ0) is 19.4.